The van der Waals surface area contributed by atoms with E-state index in [0.29, 0.717) is 26.1 Å². The number of amides is 2. The van der Waals surface area contributed by atoms with E-state index in [9.17, 15) is 18.4 Å². The molecule has 0 bridgehead atoms. The molecule has 8 heteroatoms. The summed E-state index contributed by atoms with van der Waals surface area (Å²) >= 11 is 0. The van der Waals surface area contributed by atoms with Crippen molar-refractivity contribution in [1.82, 2.24) is 15.1 Å². The van der Waals surface area contributed by atoms with E-state index in [2.05, 4.69) is 10.1 Å². The monoisotopic (exact) mass is 369 g/mol. The molecular formula is C18H25F2N3O3. The Labute approximate surface area is 152 Å². The first-order valence-corrected chi connectivity index (χ1v) is 8.71. The van der Waals surface area contributed by atoms with Crippen LogP contribution in [0.1, 0.15) is 30.6 Å². The topological polar surface area (TPSA) is 61.9 Å². The summed E-state index contributed by atoms with van der Waals surface area (Å²) in [7, 11) is 1.84. The third kappa shape index (κ3) is 4.69. The molecule has 1 heterocycles. The number of hydrogen-bond donors (Lipinski definition) is 1. The number of carbonyl (C=O) groups excluding carboxylic acids is 2. The minimum absolute atomic E-state index is 0.0377. The van der Waals surface area contributed by atoms with Crippen LogP contribution in [0.2, 0.25) is 0 Å². The van der Waals surface area contributed by atoms with Crippen molar-refractivity contribution in [2.45, 2.75) is 39.0 Å². The summed E-state index contributed by atoms with van der Waals surface area (Å²) in [6.45, 7) is 2.63. The zero-order valence-corrected chi connectivity index (χ0v) is 15.2. The molecule has 1 aliphatic heterocycles. The SMILES string of the molecule is CCN(CC)C(=O)[C@@H]1C[C@@H](NC(=O)c2ccccc2OC(F)F)CN1C. The minimum Gasteiger partial charge on any atom is -0.434 e. The summed E-state index contributed by atoms with van der Waals surface area (Å²) < 4.78 is 29.4. The molecule has 2 atom stereocenters. The zero-order valence-electron chi connectivity index (χ0n) is 15.2. The Morgan fingerprint density at radius 3 is 2.58 bits per heavy atom. The lowest BCUT2D eigenvalue weighted by molar-refractivity contribution is -0.135. The van der Waals surface area contributed by atoms with Gasteiger partial charge in [0.15, 0.2) is 0 Å². The molecule has 1 aromatic rings. The molecule has 0 spiro atoms. The summed E-state index contributed by atoms with van der Waals surface area (Å²) in [6.07, 6.45) is 0.482. The number of rotatable bonds is 7. The maximum absolute atomic E-state index is 12.6. The predicted molar refractivity (Wildman–Crippen MR) is 93.3 cm³/mol. The van der Waals surface area contributed by atoms with Crippen LogP contribution in [0.5, 0.6) is 5.75 Å². The van der Waals surface area contributed by atoms with Gasteiger partial charge in [0.25, 0.3) is 5.91 Å². The molecule has 26 heavy (non-hydrogen) atoms. The van der Waals surface area contributed by atoms with E-state index >= 15 is 0 Å². The van der Waals surface area contributed by atoms with Crippen LogP contribution in [0.3, 0.4) is 0 Å². The highest BCUT2D eigenvalue weighted by Gasteiger charge is 2.37. The van der Waals surface area contributed by atoms with Gasteiger partial charge in [0.05, 0.1) is 11.6 Å². The highest BCUT2D eigenvalue weighted by atomic mass is 19.3. The Hall–Kier alpha value is -2.22. The van der Waals surface area contributed by atoms with E-state index in [1.54, 1.807) is 11.0 Å². The van der Waals surface area contributed by atoms with E-state index in [1.165, 1.54) is 18.2 Å². The number of nitrogens with zero attached hydrogens (tertiary/aromatic N) is 2. The second kappa shape index (κ2) is 8.93. The van der Waals surface area contributed by atoms with Crippen LogP contribution >= 0.6 is 0 Å². The smallest absolute Gasteiger partial charge is 0.387 e. The summed E-state index contributed by atoms with van der Waals surface area (Å²) in [5, 5.41) is 2.82. The van der Waals surface area contributed by atoms with E-state index in [1.807, 2.05) is 25.8 Å². The molecule has 1 aromatic carbocycles. The molecule has 1 aliphatic rings. The second-order valence-electron chi connectivity index (χ2n) is 6.25. The van der Waals surface area contributed by atoms with Gasteiger partial charge in [-0.2, -0.15) is 8.78 Å². The maximum atomic E-state index is 12.6. The van der Waals surface area contributed by atoms with Gasteiger partial charge < -0.3 is 15.0 Å². The van der Waals surface area contributed by atoms with Crippen molar-refractivity contribution in [3.8, 4) is 5.75 Å². The fourth-order valence-electron chi connectivity index (χ4n) is 3.25. The van der Waals surface area contributed by atoms with E-state index in [0.717, 1.165) is 0 Å². The number of nitrogens with one attached hydrogen (secondary N) is 1. The minimum atomic E-state index is -3.00. The van der Waals surface area contributed by atoms with Gasteiger partial charge in [-0.1, -0.05) is 12.1 Å². The average Bonchev–Trinajstić information content (AvgIpc) is 2.96. The van der Waals surface area contributed by atoms with Crippen molar-refractivity contribution in [3.63, 3.8) is 0 Å². The first-order valence-electron chi connectivity index (χ1n) is 8.71. The van der Waals surface area contributed by atoms with Crippen molar-refractivity contribution in [2.24, 2.45) is 0 Å². The van der Waals surface area contributed by atoms with Gasteiger partial charge in [-0.15, -0.1) is 0 Å². The molecule has 144 valence electrons. The number of para-hydroxylation sites is 1. The van der Waals surface area contributed by atoms with Crippen LogP contribution in [-0.2, 0) is 4.79 Å². The number of likely N-dealkylation sites (tertiary alicyclic amines) is 1. The Kier molecular flexibility index (Phi) is 6.90. The van der Waals surface area contributed by atoms with Crippen LogP contribution in [0.4, 0.5) is 8.78 Å². The van der Waals surface area contributed by atoms with Gasteiger partial charge in [0.1, 0.15) is 5.75 Å². The highest BCUT2D eigenvalue weighted by Crippen LogP contribution is 2.22. The third-order valence-electron chi connectivity index (χ3n) is 4.59. The van der Waals surface area contributed by atoms with Crippen molar-refractivity contribution in [3.05, 3.63) is 29.8 Å². The second-order valence-corrected chi connectivity index (χ2v) is 6.25. The van der Waals surface area contributed by atoms with E-state index in [4.69, 9.17) is 0 Å². The van der Waals surface area contributed by atoms with Crippen LogP contribution in [0, 0.1) is 0 Å². The summed E-state index contributed by atoms with van der Waals surface area (Å²) in [6, 6.07) is 5.33. The van der Waals surface area contributed by atoms with Gasteiger partial charge in [-0.05, 0) is 39.4 Å². The number of likely N-dealkylation sites (N-methyl/N-ethyl adjacent to an activating group) is 2. The summed E-state index contributed by atoms with van der Waals surface area (Å²) in [5.41, 5.74) is 0.0500. The summed E-state index contributed by atoms with van der Waals surface area (Å²) in [4.78, 5) is 28.7. The molecule has 0 radical (unpaired) electrons. The van der Waals surface area contributed by atoms with Crippen molar-refractivity contribution >= 4 is 11.8 Å². The van der Waals surface area contributed by atoms with Crippen molar-refractivity contribution in [1.29, 1.82) is 0 Å². The first-order chi connectivity index (χ1) is 12.4. The molecule has 1 N–H and O–H groups in total. The molecule has 0 aromatic heterocycles. The van der Waals surface area contributed by atoms with E-state index in [-0.39, 0.29) is 29.3 Å². The van der Waals surface area contributed by atoms with Gasteiger partial charge in [-0.25, -0.2) is 0 Å². The Morgan fingerprint density at radius 2 is 1.96 bits per heavy atom. The lowest BCUT2D eigenvalue weighted by Gasteiger charge is -2.26. The maximum Gasteiger partial charge on any atom is 0.387 e. The van der Waals surface area contributed by atoms with Gasteiger partial charge in [-0.3, -0.25) is 14.5 Å². The first kappa shape index (κ1) is 20.1. The number of hydrogen-bond acceptors (Lipinski definition) is 4. The molecule has 0 aliphatic carbocycles. The Morgan fingerprint density at radius 1 is 1.31 bits per heavy atom. The lowest BCUT2D eigenvalue weighted by atomic mass is 10.1. The van der Waals surface area contributed by atoms with Crippen LogP contribution in [-0.4, -0.2) is 67.0 Å². The van der Waals surface area contributed by atoms with Crippen LogP contribution < -0.4 is 10.1 Å². The van der Waals surface area contributed by atoms with Gasteiger partial charge in [0, 0.05) is 25.7 Å². The number of halogens is 2. The van der Waals surface area contributed by atoms with Crippen molar-refractivity contribution in [2.75, 3.05) is 26.7 Å². The fourth-order valence-corrected chi connectivity index (χ4v) is 3.25. The van der Waals surface area contributed by atoms with Crippen molar-refractivity contribution < 1.29 is 23.1 Å². The predicted octanol–water partition coefficient (Wildman–Crippen LogP) is 1.96. The number of benzene rings is 1. The fraction of sp³-hybridized carbons (Fsp3) is 0.556. The molecule has 1 saturated heterocycles. The molecule has 6 nitrogen and oxygen atoms in total. The number of carbonyl (C=O) groups is 2. The van der Waals surface area contributed by atoms with Crippen LogP contribution in [0.15, 0.2) is 24.3 Å². The Balaban J connectivity index is 2.04. The summed E-state index contributed by atoms with van der Waals surface area (Å²) in [5.74, 6) is -0.617. The standard InChI is InChI=1S/C18H25F2N3O3/c1-4-23(5-2)17(25)14-10-12(11-22(14)3)21-16(24)13-8-6-7-9-15(13)26-18(19)20/h6-9,12,14,18H,4-5,10-11H2,1-3H3,(H,21,24)/t12-,14+/m1/s1. The Bertz CT molecular complexity index is 638. The molecule has 2 amide bonds. The van der Waals surface area contributed by atoms with Gasteiger partial charge >= 0.3 is 6.61 Å². The molecule has 0 unspecified atom stereocenters. The molecular weight excluding hydrogens is 344 g/mol. The zero-order chi connectivity index (χ0) is 19.3. The van der Waals surface area contributed by atoms with E-state index < -0.39 is 12.5 Å². The van der Waals surface area contributed by atoms with Gasteiger partial charge in [0.2, 0.25) is 5.91 Å². The largest absolute Gasteiger partial charge is 0.434 e. The number of ether oxygens (including phenoxy) is 1. The average molecular weight is 369 g/mol. The lowest BCUT2D eigenvalue weighted by Crippen LogP contribution is -2.44. The third-order valence-corrected chi connectivity index (χ3v) is 4.59. The number of alkyl halides is 2. The molecule has 1 fully saturated rings. The molecule has 0 saturated carbocycles. The highest BCUT2D eigenvalue weighted by molar-refractivity contribution is 5.97. The normalized spacial score (nSPS) is 20.2. The molecule has 2 rings (SSSR count). The van der Waals surface area contributed by atoms with Crippen LogP contribution in [0.25, 0.3) is 0 Å². The quantitative estimate of drug-likeness (QED) is 0.798.